The van der Waals surface area contributed by atoms with Crippen molar-refractivity contribution in [1.82, 2.24) is 10.6 Å². The first-order valence-corrected chi connectivity index (χ1v) is 6.42. The third-order valence-electron chi connectivity index (χ3n) is 2.60. The third kappa shape index (κ3) is 8.57. The Morgan fingerprint density at radius 3 is 2.38 bits per heavy atom. The molecular weight excluding hydrogens is 200 g/mol. The molecule has 0 aliphatic heterocycles. The molecule has 0 atom stereocenters. The molecule has 0 aromatic carbocycles. The second kappa shape index (κ2) is 7.53. The average molecular weight is 228 g/mol. The quantitative estimate of drug-likeness (QED) is 0.645. The average Bonchev–Trinajstić information content (AvgIpc) is 2.14. The zero-order valence-corrected chi connectivity index (χ0v) is 11.5. The second-order valence-corrected chi connectivity index (χ2v) is 5.60. The first-order valence-electron chi connectivity index (χ1n) is 6.42. The molecule has 3 nitrogen and oxygen atoms in total. The number of carbonyl (C=O) groups is 1. The van der Waals surface area contributed by atoms with E-state index in [0.29, 0.717) is 0 Å². The normalized spacial score (nSPS) is 11.6. The van der Waals surface area contributed by atoms with Gasteiger partial charge in [-0.1, -0.05) is 40.0 Å². The molecule has 0 saturated carbocycles. The van der Waals surface area contributed by atoms with Gasteiger partial charge in [-0.2, -0.15) is 0 Å². The highest BCUT2D eigenvalue weighted by molar-refractivity contribution is 5.74. The van der Waals surface area contributed by atoms with Crippen LogP contribution in [0.4, 0.5) is 4.79 Å². The van der Waals surface area contributed by atoms with Crippen LogP contribution in [0.2, 0.25) is 0 Å². The van der Waals surface area contributed by atoms with Gasteiger partial charge in [-0.25, -0.2) is 4.79 Å². The lowest BCUT2D eigenvalue weighted by atomic mass is 9.87. The molecule has 0 aromatic heterocycles. The van der Waals surface area contributed by atoms with Gasteiger partial charge in [0, 0.05) is 12.6 Å². The lowest BCUT2D eigenvalue weighted by Gasteiger charge is -2.25. The molecule has 0 aliphatic rings. The van der Waals surface area contributed by atoms with Gasteiger partial charge >= 0.3 is 6.03 Å². The van der Waals surface area contributed by atoms with Crippen LogP contribution in [0.15, 0.2) is 0 Å². The standard InChI is InChI=1S/C13H28N2O/c1-6-7-8-9-13(4,5)10-14-12(16)15-11(2)3/h11H,6-10H2,1-5H3,(H2,14,15,16). The molecular formula is C13H28N2O. The van der Waals surface area contributed by atoms with Gasteiger partial charge in [0.1, 0.15) is 0 Å². The van der Waals surface area contributed by atoms with E-state index < -0.39 is 0 Å². The van der Waals surface area contributed by atoms with E-state index in [9.17, 15) is 4.79 Å². The van der Waals surface area contributed by atoms with Gasteiger partial charge in [0.25, 0.3) is 0 Å². The number of nitrogens with one attached hydrogen (secondary N) is 2. The summed E-state index contributed by atoms with van der Waals surface area (Å²) in [4.78, 5) is 11.4. The van der Waals surface area contributed by atoms with E-state index in [0.717, 1.165) is 6.54 Å². The molecule has 0 aromatic rings. The maximum Gasteiger partial charge on any atom is 0.315 e. The predicted molar refractivity (Wildman–Crippen MR) is 69.6 cm³/mol. The predicted octanol–water partition coefficient (Wildman–Crippen LogP) is 3.30. The van der Waals surface area contributed by atoms with E-state index in [1.54, 1.807) is 0 Å². The van der Waals surface area contributed by atoms with Crippen LogP contribution < -0.4 is 10.6 Å². The molecule has 0 unspecified atom stereocenters. The van der Waals surface area contributed by atoms with Gasteiger partial charge in [0.2, 0.25) is 0 Å². The molecule has 0 rings (SSSR count). The summed E-state index contributed by atoms with van der Waals surface area (Å²) >= 11 is 0. The number of hydrogen-bond donors (Lipinski definition) is 2. The lowest BCUT2D eigenvalue weighted by Crippen LogP contribution is -2.43. The SMILES string of the molecule is CCCCCC(C)(C)CNC(=O)NC(C)C. The van der Waals surface area contributed by atoms with Gasteiger partial charge in [0.05, 0.1) is 0 Å². The van der Waals surface area contributed by atoms with Crippen molar-refractivity contribution in [3.63, 3.8) is 0 Å². The summed E-state index contributed by atoms with van der Waals surface area (Å²) in [5, 5.41) is 5.76. The van der Waals surface area contributed by atoms with Crippen molar-refractivity contribution in [3.05, 3.63) is 0 Å². The monoisotopic (exact) mass is 228 g/mol. The molecule has 96 valence electrons. The van der Waals surface area contributed by atoms with Gasteiger partial charge in [-0.3, -0.25) is 0 Å². The highest BCUT2D eigenvalue weighted by Gasteiger charge is 2.18. The number of unbranched alkanes of at least 4 members (excludes halogenated alkanes) is 2. The number of urea groups is 1. The molecule has 0 radical (unpaired) electrons. The molecule has 0 spiro atoms. The summed E-state index contributed by atoms with van der Waals surface area (Å²) in [7, 11) is 0. The Bertz CT molecular complexity index is 200. The van der Waals surface area contributed by atoms with Crippen LogP contribution >= 0.6 is 0 Å². The van der Waals surface area contributed by atoms with E-state index in [-0.39, 0.29) is 17.5 Å². The van der Waals surface area contributed by atoms with Gasteiger partial charge < -0.3 is 10.6 Å². The summed E-state index contributed by atoms with van der Waals surface area (Å²) in [6, 6.07) is 0.141. The van der Waals surface area contributed by atoms with Gasteiger partial charge in [-0.15, -0.1) is 0 Å². The van der Waals surface area contributed by atoms with E-state index in [1.807, 2.05) is 13.8 Å². The fraction of sp³-hybridized carbons (Fsp3) is 0.923. The minimum Gasteiger partial charge on any atom is -0.338 e. The molecule has 2 N–H and O–H groups in total. The van der Waals surface area contributed by atoms with Crippen LogP contribution in [-0.4, -0.2) is 18.6 Å². The van der Waals surface area contributed by atoms with Crippen molar-refractivity contribution in [2.45, 2.75) is 66.3 Å². The van der Waals surface area contributed by atoms with Crippen LogP contribution in [0.3, 0.4) is 0 Å². The van der Waals surface area contributed by atoms with Crippen molar-refractivity contribution < 1.29 is 4.79 Å². The fourth-order valence-corrected chi connectivity index (χ4v) is 1.57. The minimum absolute atomic E-state index is 0.0569. The summed E-state index contributed by atoms with van der Waals surface area (Å²) in [5.41, 5.74) is 0.198. The summed E-state index contributed by atoms with van der Waals surface area (Å²) in [6.45, 7) is 11.3. The van der Waals surface area contributed by atoms with Gasteiger partial charge in [0.15, 0.2) is 0 Å². The Morgan fingerprint density at radius 2 is 1.88 bits per heavy atom. The number of hydrogen-bond acceptors (Lipinski definition) is 1. The lowest BCUT2D eigenvalue weighted by molar-refractivity contribution is 0.228. The van der Waals surface area contributed by atoms with Crippen molar-refractivity contribution in [2.75, 3.05) is 6.54 Å². The van der Waals surface area contributed by atoms with Crippen LogP contribution in [0.1, 0.15) is 60.3 Å². The Labute approximate surface area is 100 Å². The van der Waals surface area contributed by atoms with Crippen molar-refractivity contribution in [2.24, 2.45) is 5.41 Å². The summed E-state index contributed by atoms with van der Waals surface area (Å²) < 4.78 is 0. The van der Waals surface area contributed by atoms with Crippen molar-refractivity contribution >= 4 is 6.03 Å². The van der Waals surface area contributed by atoms with E-state index in [1.165, 1.54) is 25.7 Å². The molecule has 0 aliphatic carbocycles. The van der Waals surface area contributed by atoms with Crippen molar-refractivity contribution in [1.29, 1.82) is 0 Å². The minimum atomic E-state index is -0.0569. The van der Waals surface area contributed by atoms with Gasteiger partial charge in [-0.05, 0) is 25.7 Å². The largest absolute Gasteiger partial charge is 0.338 e. The molecule has 2 amide bonds. The van der Waals surface area contributed by atoms with Crippen LogP contribution in [0.5, 0.6) is 0 Å². The maximum absolute atomic E-state index is 11.4. The molecule has 16 heavy (non-hydrogen) atoms. The Balaban J connectivity index is 3.75. The Kier molecular flexibility index (Phi) is 7.18. The first-order chi connectivity index (χ1) is 7.37. The highest BCUT2D eigenvalue weighted by Crippen LogP contribution is 2.22. The number of carbonyl (C=O) groups excluding carboxylic acids is 1. The summed E-state index contributed by atoms with van der Waals surface area (Å²) in [5.74, 6) is 0. The van der Waals surface area contributed by atoms with Crippen molar-refractivity contribution in [3.8, 4) is 0 Å². The Morgan fingerprint density at radius 1 is 1.25 bits per heavy atom. The number of amides is 2. The molecule has 0 bridgehead atoms. The smallest absolute Gasteiger partial charge is 0.315 e. The van der Waals surface area contributed by atoms with E-state index >= 15 is 0 Å². The molecule has 0 saturated heterocycles. The zero-order valence-electron chi connectivity index (χ0n) is 11.5. The highest BCUT2D eigenvalue weighted by atomic mass is 16.2. The van der Waals surface area contributed by atoms with E-state index in [4.69, 9.17) is 0 Å². The maximum atomic E-state index is 11.4. The van der Waals surface area contributed by atoms with Crippen LogP contribution in [0.25, 0.3) is 0 Å². The summed E-state index contributed by atoms with van der Waals surface area (Å²) in [6.07, 6.45) is 4.94. The first kappa shape index (κ1) is 15.3. The molecule has 0 fully saturated rings. The number of rotatable bonds is 7. The van der Waals surface area contributed by atoms with Crippen LogP contribution in [-0.2, 0) is 0 Å². The Hall–Kier alpha value is -0.730. The second-order valence-electron chi connectivity index (χ2n) is 5.60. The molecule has 3 heteroatoms. The molecule has 0 heterocycles. The van der Waals surface area contributed by atoms with Crippen LogP contribution in [0, 0.1) is 5.41 Å². The zero-order chi connectivity index (χ0) is 12.6. The van der Waals surface area contributed by atoms with E-state index in [2.05, 4.69) is 31.4 Å². The fourth-order valence-electron chi connectivity index (χ4n) is 1.57. The topological polar surface area (TPSA) is 41.1 Å². The third-order valence-corrected chi connectivity index (χ3v) is 2.60.